The third-order valence-corrected chi connectivity index (χ3v) is 3.02. The van der Waals surface area contributed by atoms with Gasteiger partial charge in [0.1, 0.15) is 0 Å². The summed E-state index contributed by atoms with van der Waals surface area (Å²) in [4.78, 5) is 2.28. The maximum Gasteiger partial charge on any atom is 0.0481 e. The Kier molecular flexibility index (Phi) is 1.78. The minimum absolute atomic E-state index is 0.990. The first kappa shape index (κ1) is 8.54. The van der Waals surface area contributed by atoms with E-state index in [0.717, 1.165) is 6.54 Å². The summed E-state index contributed by atoms with van der Waals surface area (Å²) in [6.07, 6.45) is 10.7. The van der Waals surface area contributed by atoms with Crippen LogP contribution >= 0.6 is 0 Å². The van der Waals surface area contributed by atoms with Crippen LogP contribution in [0.25, 0.3) is 6.08 Å². The number of hydrogen-bond donors (Lipinski definition) is 0. The van der Waals surface area contributed by atoms with Gasteiger partial charge in [0.15, 0.2) is 0 Å². The molecule has 0 radical (unpaired) electrons. The topological polar surface area (TPSA) is 3.24 Å². The Morgan fingerprint density at radius 3 is 3.07 bits per heavy atom. The zero-order valence-electron chi connectivity index (χ0n) is 8.77. The molecule has 0 spiro atoms. The first-order valence-corrected chi connectivity index (χ1v) is 5.26. The van der Waals surface area contributed by atoms with Crippen molar-refractivity contribution in [3.05, 3.63) is 65.0 Å². The SMILES string of the molecule is Cc1cccc2c1C=C1C=CC=CN1C2. The highest BCUT2D eigenvalue weighted by molar-refractivity contribution is 5.65. The lowest BCUT2D eigenvalue weighted by molar-refractivity contribution is 0.466. The van der Waals surface area contributed by atoms with Gasteiger partial charge in [0.05, 0.1) is 0 Å². The van der Waals surface area contributed by atoms with Gasteiger partial charge >= 0.3 is 0 Å². The summed E-state index contributed by atoms with van der Waals surface area (Å²) in [7, 11) is 0. The van der Waals surface area contributed by atoms with E-state index in [1.807, 2.05) is 0 Å². The van der Waals surface area contributed by atoms with E-state index >= 15 is 0 Å². The second-order valence-electron chi connectivity index (χ2n) is 4.05. The highest BCUT2D eigenvalue weighted by Gasteiger charge is 2.16. The second-order valence-corrected chi connectivity index (χ2v) is 4.05. The lowest BCUT2D eigenvalue weighted by Gasteiger charge is -2.29. The quantitative estimate of drug-likeness (QED) is 0.614. The van der Waals surface area contributed by atoms with Crippen molar-refractivity contribution in [1.29, 1.82) is 0 Å². The zero-order valence-corrected chi connectivity index (χ0v) is 8.77. The highest BCUT2D eigenvalue weighted by Crippen LogP contribution is 2.29. The first-order valence-electron chi connectivity index (χ1n) is 5.26. The van der Waals surface area contributed by atoms with Gasteiger partial charge < -0.3 is 4.90 Å². The molecule has 0 saturated heterocycles. The molecule has 0 bridgehead atoms. The molecule has 1 aromatic rings. The number of nitrogens with zero attached hydrogens (tertiary/aromatic N) is 1. The molecule has 1 heteroatoms. The molecular formula is C14H13N. The van der Waals surface area contributed by atoms with Gasteiger partial charge in [0.25, 0.3) is 0 Å². The number of fused-ring (bicyclic) bond motifs is 2. The van der Waals surface area contributed by atoms with E-state index in [-0.39, 0.29) is 0 Å². The molecule has 0 aliphatic carbocycles. The van der Waals surface area contributed by atoms with Gasteiger partial charge in [-0.25, -0.2) is 0 Å². The smallest absolute Gasteiger partial charge is 0.0481 e. The van der Waals surface area contributed by atoms with E-state index in [1.165, 1.54) is 22.4 Å². The van der Waals surface area contributed by atoms with Crippen molar-refractivity contribution < 1.29 is 0 Å². The summed E-state index contributed by atoms with van der Waals surface area (Å²) in [5, 5.41) is 0. The molecule has 0 unspecified atom stereocenters. The van der Waals surface area contributed by atoms with E-state index < -0.39 is 0 Å². The van der Waals surface area contributed by atoms with E-state index in [9.17, 15) is 0 Å². The molecule has 74 valence electrons. The number of allylic oxidation sites excluding steroid dienone is 3. The van der Waals surface area contributed by atoms with Crippen LogP contribution in [0, 0.1) is 6.92 Å². The number of aryl methyl sites for hydroxylation is 1. The molecule has 0 amide bonds. The van der Waals surface area contributed by atoms with Crippen LogP contribution in [0.5, 0.6) is 0 Å². The molecule has 15 heavy (non-hydrogen) atoms. The number of rotatable bonds is 0. The van der Waals surface area contributed by atoms with Crippen LogP contribution in [0.4, 0.5) is 0 Å². The van der Waals surface area contributed by atoms with E-state index in [1.54, 1.807) is 0 Å². The predicted molar refractivity (Wildman–Crippen MR) is 63.0 cm³/mol. The fraction of sp³-hybridized carbons (Fsp3) is 0.143. The Balaban J connectivity index is 2.17. The maximum absolute atomic E-state index is 2.28. The number of hydrogen-bond acceptors (Lipinski definition) is 1. The zero-order chi connectivity index (χ0) is 10.3. The average Bonchev–Trinajstić information content (AvgIpc) is 2.27. The summed E-state index contributed by atoms with van der Waals surface area (Å²) < 4.78 is 0. The molecule has 2 aliphatic heterocycles. The van der Waals surface area contributed by atoms with Gasteiger partial charge in [-0.1, -0.05) is 24.3 Å². The van der Waals surface area contributed by atoms with E-state index in [2.05, 4.69) is 60.5 Å². The summed E-state index contributed by atoms with van der Waals surface area (Å²) in [5.41, 5.74) is 5.46. The summed E-state index contributed by atoms with van der Waals surface area (Å²) in [6.45, 7) is 3.16. The van der Waals surface area contributed by atoms with Gasteiger partial charge in [-0.15, -0.1) is 0 Å². The Hall–Kier alpha value is -1.76. The second kappa shape index (κ2) is 3.13. The lowest BCUT2D eigenvalue weighted by Crippen LogP contribution is -2.20. The monoisotopic (exact) mass is 195 g/mol. The van der Waals surface area contributed by atoms with Crippen LogP contribution < -0.4 is 0 Å². The maximum atomic E-state index is 2.28. The summed E-state index contributed by atoms with van der Waals surface area (Å²) in [6, 6.07) is 6.52. The third kappa shape index (κ3) is 1.32. The lowest BCUT2D eigenvalue weighted by atomic mass is 9.96. The molecule has 0 atom stereocenters. The molecule has 0 saturated carbocycles. The average molecular weight is 195 g/mol. The van der Waals surface area contributed by atoms with Crippen molar-refractivity contribution in [2.45, 2.75) is 13.5 Å². The van der Waals surface area contributed by atoms with Gasteiger partial charge in [0, 0.05) is 18.4 Å². The van der Waals surface area contributed by atoms with Gasteiger partial charge in [-0.2, -0.15) is 0 Å². The van der Waals surface area contributed by atoms with Crippen molar-refractivity contribution in [2.24, 2.45) is 0 Å². The van der Waals surface area contributed by atoms with Crippen LogP contribution in [0.1, 0.15) is 16.7 Å². The molecule has 1 aromatic carbocycles. The molecule has 1 nitrogen and oxygen atoms in total. The Labute approximate surface area is 90.0 Å². The molecule has 0 fully saturated rings. The summed E-state index contributed by atoms with van der Waals surface area (Å²) >= 11 is 0. The van der Waals surface area contributed by atoms with Gasteiger partial charge in [-0.05, 0) is 41.8 Å². The third-order valence-electron chi connectivity index (χ3n) is 3.02. The van der Waals surface area contributed by atoms with Crippen molar-refractivity contribution in [1.82, 2.24) is 4.90 Å². The van der Waals surface area contributed by atoms with Crippen LogP contribution in [-0.2, 0) is 6.54 Å². The van der Waals surface area contributed by atoms with Crippen molar-refractivity contribution in [3.8, 4) is 0 Å². The molecule has 0 aromatic heterocycles. The van der Waals surface area contributed by atoms with Crippen molar-refractivity contribution in [2.75, 3.05) is 0 Å². The van der Waals surface area contributed by atoms with Crippen LogP contribution in [0.2, 0.25) is 0 Å². The van der Waals surface area contributed by atoms with Crippen LogP contribution in [0.15, 0.2) is 48.3 Å². The molecule has 2 aliphatic rings. The Bertz CT molecular complexity index is 492. The summed E-state index contributed by atoms with van der Waals surface area (Å²) in [5.74, 6) is 0. The normalized spacial score (nSPS) is 17.1. The van der Waals surface area contributed by atoms with Gasteiger partial charge in [0.2, 0.25) is 0 Å². The fourth-order valence-electron chi connectivity index (χ4n) is 2.18. The van der Waals surface area contributed by atoms with E-state index in [0.29, 0.717) is 0 Å². The Morgan fingerprint density at radius 1 is 1.20 bits per heavy atom. The highest BCUT2D eigenvalue weighted by atomic mass is 15.1. The number of benzene rings is 1. The van der Waals surface area contributed by atoms with Gasteiger partial charge in [-0.3, -0.25) is 0 Å². The van der Waals surface area contributed by atoms with E-state index in [4.69, 9.17) is 0 Å². The minimum atomic E-state index is 0.990. The molecule has 3 rings (SSSR count). The first-order chi connectivity index (χ1) is 7.34. The molecular weight excluding hydrogens is 182 g/mol. The van der Waals surface area contributed by atoms with Crippen molar-refractivity contribution >= 4 is 6.08 Å². The largest absolute Gasteiger partial charge is 0.344 e. The van der Waals surface area contributed by atoms with Crippen molar-refractivity contribution in [3.63, 3.8) is 0 Å². The standard InChI is InChI=1S/C14H13N/c1-11-5-4-6-12-10-15-8-3-2-7-13(15)9-14(11)12/h2-9H,10H2,1H3. The predicted octanol–water partition coefficient (Wildman–Crippen LogP) is 3.24. The minimum Gasteiger partial charge on any atom is -0.344 e. The fourth-order valence-corrected chi connectivity index (χ4v) is 2.18. The molecule has 0 N–H and O–H groups in total. The van der Waals surface area contributed by atoms with Crippen LogP contribution in [0.3, 0.4) is 0 Å². The van der Waals surface area contributed by atoms with Crippen LogP contribution in [-0.4, -0.2) is 4.90 Å². The molecule has 2 heterocycles. The Morgan fingerprint density at radius 2 is 2.13 bits per heavy atom.